The van der Waals surface area contributed by atoms with E-state index in [2.05, 4.69) is 15.6 Å². The van der Waals surface area contributed by atoms with E-state index in [9.17, 15) is 18.0 Å². The van der Waals surface area contributed by atoms with Crippen molar-refractivity contribution in [3.05, 3.63) is 89.4 Å². The summed E-state index contributed by atoms with van der Waals surface area (Å²) < 4.78 is 40.9. The van der Waals surface area contributed by atoms with Gasteiger partial charge in [0.05, 0.1) is 0 Å². The molecule has 1 aromatic heterocycles. The number of rotatable bonds is 5. The standard InChI is InChI=1S/C19H14F3N3O/c20-14-5-2-1-4-13(14)11-24-17-10-12(8-9-23-17)19(26)25-18-15(21)6-3-7-16(18)22/h1-10H,11H2,(H,23,24)(H,25,26). The van der Waals surface area contributed by atoms with Crippen LogP contribution in [0, 0.1) is 17.5 Å². The first-order chi connectivity index (χ1) is 12.5. The molecule has 0 saturated heterocycles. The van der Waals surface area contributed by atoms with E-state index in [0.29, 0.717) is 11.4 Å². The minimum Gasteiger partial charge on any atom is -0.366 e. The van der Waals surface area contributed by atoms with Gasteiger partial charge in [-0.15, -0.1) is 0 Å². The molecule has 2 N–H and O–H groups in total. The van der Waals surface area contributed by atoms with Crippen LogP contribution in [-0.4, -0.2) is 10.9 Å². The number of amides is 1. The molecule has 3 rings (SSSR count). The minimum atomic E-state index is -0.870. The topological polar surface area (TPSA) is 54.0 Å². The zero-order valence-electron chi connectivity index (χ0n) is 13.5. The highest BCUT2D eigenvalue weighted by molar-refractivity contribution is 6.04. The van der Waals surface area contributed by atoms with E-state index >= 15 is 0 Å². The van der Waals surface area contributed by atoms with Crippen molar-refractivity contribution in [2.45, 2.75) is 6.54 Å². The maximum absolute atomic E-state index is 13.6. The van der Waals surface area contributed by atoms with Gasteiger partial charge in [0.1, 0.15) is 29.0 Å². The molecule has 0 fully saturated rings. The number of carbonyl (C=O) groups is 1. The highest BCUT2D eigenvalue weighted by atomic mass is 19.1. The third kappa shape index (κ3) is 4.00. The molecule has 0 aliphatic carbocycles. The van der Waals surface area contributed by atoms with Gasteiger partial charge in [-0.25, -0.2) is 18.2 Å². The number of benzene rings is 2. The Morgan fingerprint density at radius 3 is 2.35 bits per heavy atom. The number of anilines is 2. The van der Waals surface area contributed by atoms with Gasteiger partial charge >= 0.3 is 0 Å². The van der Waals surface area contributed by atoms with E-state index in [1.807, 2.05) is 0 Å². The normalized spacial score (nSPS) is 10.4. The first kappa shape index (κ1) is 17.5. The smallest absolute Gasteiger partial charge is 0.256 e. The van der Waals surface area contributed by atoms with E-state index in [4.69, 9.17) is 0 Å². The molecule has 7 heteroatoms. The van der Waals surface area contributed by atoms with Crippen molar-refractivity contribution < 1.29 is 18.0 Å². The number of para-hydroxylation sites is 1. The summed E-state index contributed by atoms with van der Waals surface area (Å²) >= 11 is 0. The Morgan fingerprint density at radius 2 is 1.62 bits per heavy atom. The first-order valence-corrected chi connectivity index (χ1v) is 7.73. The van der Waals surface area contributed by atoms with Crippen LogP contribution in [-0.2, 0) is 6.54 Å². The summed E-state index contributed by atoms with van der Waals surface area (Å²) in [7, 11) is 0. The highest BCUT2D eigenvalue weighted by Crippen LogP contribution is 2.19. The van der Waals surface area contributed by atoms with Crippen LogP contribution in [0.25, 0.3) is 0 Å². The fourth-order valence-electron chi connectivity index (χ4n) is 2.30. The maximum Gasteiger partial charge on any atom is 0.256 e. The van der Waals surface area contributed by atoms with Gasteiger partial charge in [0.25, 0.3) is 5.91 Å². The van der Waals surface area contributed by atoms with E-state index in [1.54, 1.807) is 18.2 Å². The number of nitrogens with one attached hydrogen (secondary N) is 2. The molecule has 0 radical (unpaired) electrons. The highest BCUT2D eigenvalue weighted by Gasteiger charge is 2.14. The van der Waals surface area contributed by atoms with Gasteiger partial charge < -0.3 is 10.6 Å². The lowest BCUT2D eigenvalue weighted by atomic mass is 10.2. The summed E-state index contributed by atoms with van der Waals surface area (Å²) in [6.07, 6.45) is 1.37. The molecule has 0 spiro atoms. The van der Waals surface area contributed by atoms with Gasteiger partial charge in [-0.2, -0.15) is 0 Å². The van der Waals surface area contributed by atoms with Crippen LogP contribution < -0.4 is 10.6 Å². The number of pyridine rings is 1. The zero-order chi connectivity index (χ0) is 18.5. The molecule has 2 aromatic carbocycles. The number of halogens is 3. The molecule has 0 bridgehead atoms. The molecule has 0 atom stereocenters. The average Bonchev–Trinajstić information content (AvgIpc) is 2.64. The summed E-state index contributed by atoms with van der Waals surface area (Å²) in [6.45, 7) is 0.173. The van der Waals surface area contributed by atoms with Crippen molar-refractivity contribution in [1.82, 2.24) is 4.98 Å². The fraction of sp³-hybridized carbons (Fsp3) is 0.0526. The van der Waals surface area contributed by atoms with Crippen LogP contribution in [0.4, 0.5) is 24.7 Å². The number of hydrogen-bond acceptors (Lipinski definition) is 3. The van der Waals surface area contributed by atoms with E-state index < -0.39 is 23.2 Å². The van der Waals surface area contributed by atoms with Crippen LogP contribution >= 0.6 is 0 Å². The second-order valence-electron chi connectivity index (χ2n) is 5.43. The summed E-state index contributed by atoms with van der Waals surface area (Å²) in [6, 6.07) is 12.4. The fourth-order valence-corrected chi connectivity index (χ4v) is 2.30. The molecule has 1 amide bonds. The Morgan fingerprint density at radius 1 is 0.923 bits per heavy atom. The van der Waals surface area contributed by atoms with Gasteiger partial charge in [0, 0.05) is 23.9 Å². The predicted octanol–water partition coefficient (Wildman–Crippen LogP) is 4.36. The van der Waals surface area contributed by atoms with Crippen molar-refractivity contribution in [3.8, 4) is 0 Å². The second kappa shape index (κ2) is 7.69. The first-order valence-electron chi connectivity index (χ1n) is 7.73. The monoisotopic (exact) mass is 357 g/mol. The van der Waals surface area contributed by atoms with Crippen molar-refractivity contribution in [2.24, 2.45) is 0 Å². The average molecular weight is 357 g/mol. The number of hydrogen-bond donors (Lipinski definition) is 2. The number of nitrogens with zero attached hydrogens (tertiary/aromatic N) is 1. The molecule has 4 nitrogen and oxygen atoms in total. The molecule has 0 saturated carbocycles. The minimum absolute atomic E-state index is 0.152. The van der Waals surface area contributed by atoms with Crippen molar-refractivity contribution in [2.75, 3.05) is 10.6 Å². The molecule has 0 unspecified atom stereocenters. The Bertz CT molecular complexity index is 927. The van der Waals surface area contributed by atoms with Crippen LogP contribution in [0.5, 0.6) is 0 Å². The third-order valence-electron chi connectivity index (χ3n) is 3.64. The SMILES string of the molecule is O=C(Nc1c(F)cccc1F)c1ccnc(NCc2ccccc2F)c1. The maximum atomic E-state index is 13.6. The molecule has 26 heavy (non-hydrogen) atoms. The molecule has 0 aliphatic heterocycles. The molecular formula is C19H14F3N3O. The van der Waals surface area contributed by atoms with Gasteiger partial charge in [0.2, 0.25) is 0 Å². The lowest BCUT2D eigenvalue weighted by Crippen LogP contribution is -2.15. The van der Waals surface area contributed by atoms with Crippen LogP contribution in [0.2, 0.25) is 0 Å². The molecule has 132 valence electrons. The second-order valence-corrected chi connectivity index (χ2v) is 5.43. The van der Waals surface area contributed by atoms with Crippen LogP contribution in [0.15, 0.2) is 60.8 Å². The zero-order valence-corrected chi connectivity index (χ0v) is 13.5. The summed E-state index contributed by atoms with van der Waals surface area (Å²) in [5.41, 5.74) is 0.0754. The van der Waals surface area contributed by atoms with E-state index in [0.717, 1.165) is 12.1 Å². The van der Waals surface area contributed by atoms with Crippen molar-refractivity contribution in [3.63, 3.8) is 0 Å². The lowest BCUT2D eigenvalue weighted by molar-refractivity contribution is 0.102. The molecule has 0 aliphatic rings. The largest absolute Gasteiger partial charge is 0.366 e. The number of carbonyl (C=O) groups excluding carboxylic acids is 1. The number of aromatic nitrogens is 1. The van der Waals surface area contributed by atoms with Gasteiger partial charge in [-0.1, -0.05) is 24.3 Å². The summed E-state index contributed by atoms with van der Waals surface area (Å²) in [5.74, 6) is -2.46. The van der Waals surface area contributed by atoms with Gasteiger partial charge in [0.15, 0.2) is 0 Å². The Balaban J connectivity index is 1.72. The quantitative estimate of drug-likeness (QED) is 0.713. The van der Waals surface area contributed by atoms with Crippen LogP contribution in [0.3, 0.4) is 0 Å². The summed E-state index contributed by atoms with van der Waals surface area (Å²) in [5, 5.41) is 5.10. The Hall–Kier alpha value is -3.35. The van der Waals surface area contributed by atoms with Gasteiger partial charge in [-0.3, -0.25) is 4.79 Å². The van der Waals surface area contributed by atoms with Crippen molar-refractivity contribution in [1.29, 1.82) is 0 Å². The predicted molar refractivity (Wildman–Crippen MR) is 92.3 cm³/mol. The van der Waals surface area contributed by atoms with E-state index in [1.165, 1.54) is 30.5 Å². The molecular weight excluding hydrogens is 343 g/mol. The van der Waals surface area contributed by atoms with Crippen LogP contribution in [0.1, 0.15) is 15.9 Å². The lowest BCUT2D eigenvalue weighted by Gasteiger charge is -2.10. The van der Waals surface area contributed by atoms with Gasteiger partial charge in [-0.05, 0) is 30.3 Å². The third-order valence-corrected chi connectivity index (χ3v) is 3.64. The molecule has 1 heterocycles. The molecule has 3 aromatic rings. The van der Waals surface area contributed by atoms with E-state index in [-0.39, 0.29) is 17.9 Å². The van der Waals surface area contributed by atoms with Crippen molar-refractivity contribution >= 4 is 17.4 Å². The Kier molecular flexibility index (Phi) is 5.17. The summed E-state index contributed by atoms with van der Waals surface area (Å²) in [4.78, 5) is 16.3. The Labute approximate surface area is 147 Å².